The average molecular weight is 297 g/mol. The summed E-state index contributed by atoms with van der Waals surface area (Å²) in [7, 11) is -0.0433. The Labute approximate surface area is 121 Å². The van der Waals surface area contributed by atoms with E-state index in [-0.39, 0.29) is 0 Å². The lowest BCUT2D eigenvalue weighted by molar-refractivity contribution is 0.444. The topological polar surface area (TPSA) is 61.4 Å². The lowest BCUT2D eigenvalue weighted by Crippen LogP contribution is -2.45. The van der Waals surface area contributed by atoms with Crippen LogP contribution in [0.3, 0.4) is 0 Å². The predicted molar refractivity (Wildman–Crippen MR) is 81.6 cm³/mol. The highest BCUT2D eigenvalue weighted by Crippen LogP contribution is 2.30. The molecule has 112 valence electrons. The monoisotopic (exact) mass is 297 g/mol. The molecule has 20 heavy (non-hydrogen) atoms. The van der Waals surface area contributed by atoms with E-state index in [0.717, 1.165) is 31.6 Å². The van der Waals surface area contributed by atoms with Crippen LogP contribution in [0.1, 0.15) is 19.3 Å². The maximum atomic E-state index is 12.2. The molecule has 1 fully saturated rings. The van der Waals surface area contributed by atoms with Crippen molar-refractivity contribution in [2.24, 2.45) is 0 Å². The Kier molecular flexibility index (Phi) is 5.01. The first-order valence-corrected chi connectivity index (χ1v) is 8.52. The molecule has 1 unspecified atom stereocenters. The summed E-state index contributed by atoms with van der Waals surface area (Å²) in [6.07, 6.45) is 3.40. The van der Waals surface area contributed by atoms with Crippen LogP contribution in [0.4, 0.5) is 5.69 Å². The van der Waals surface area contributed by atoms with Crippen molar-refractivity contribution in [3.63, 3.8) is 0 Å². The number of rotatable bonds is 5. The summed E-state index contributed by atoms with van der Waals surface area (Å²) < 4.78 is 26.8. The summed E-state index contributed by atoms with van der Waals surface area (Å²) in [4.78, 5) is 2.59. The van der Waals surface area contributed by atoms with Crippen molar-refractivity contribution in [1.29, 1.82) is 0 Å². The smallest absolute Gasteiger partial charge is 0.242 e. The van der Waals surface area contributed by atoms with Gasteiger partial charge in [0.1, 0.15) is 4.90 Å². The maximum Gasteiger partial charge on any atom is 0.242 e. The molecule has 1 aliphatic heterocycles. The number of hydrogen-bond acceptors (Lipinski definition) is 4. The van der Waals surface area contributed by atoms with Gasteiger partial charge in [-0.25, -0.2) is 13.1 Å². The SMILES string of the molecule is CNCC1CCCCN1c1ccccc1S(=O)(=O)NC. The zero-order valence-electron chi connectivity index (χ0n) is 12.1. The summed E-state index contributed by atoms with van der Waals surface area (Å²) in [6.45, 7) is 1.77. The van der Waals surface area contributed by atoms with Crippen LogP contribution >= 0.6 is 0 Å². The van der Waals surface area contributed by atoms with Gasteiger partial charge in [0.25, 0.3) is 0 Å². The first kappa shape index (κ1) is 15.3. The summed E-state index contributed by atoms with van der Waals surface area (Å²) in [5.74, 6) is 0. The van der Waals surface area contributed by atoms with E-state index in [1.54, 1.807) is 12.1 Å². The van der Waals surface area contributed by atoms with Gasteiger partial charge < -0.3 is 10.2 Å². The van der Waals surface area contributed by atoms with Gasteiger partial charge in [-0.3, -0.25) is 0 Å². The van der Waals surface area contributed by atoms with E-state index in [2.05, 4.69) is 14.9 Å². The Morgan fingerprint density at radius 3 is 2.70 bits per heavy atom. The van der Waals surface area contributed by atoms with Crippen LogP contribution in [0.5, 0.6) is 0 Å². The van der Waals surface area contributed by atoms with Crippen LogP contribution < -0.4 is 14.9 Å². The lowest BCUT2D eigenvalue weighted by atomic mass is 10.0. The third-order valence-corrected chi connectivity index (χ3v) is 5.26. The number of para-hydroxylation sites is 1. The fourth-order valence-electron chi connectivity index (χ4n) is 2.80. The van der Waals surface area contributed by atoms with Crippen LogP contribution in [0.15, 0.2) is 29.2 Å². The van der Waals surface area contributed by atoms with Crippen molar-refractivity contribution in [2.45, 2.75) is 30.2 Å². The Morgan fingerprint density at radius 1 is 1.25 bits per heavy atom. The highest BCUT2D eigenvalue weighted by molar-refractivity contribution is 7.89. The molecule has 0 radical (unpaired) electrons. The molecule has 2 N–H and O–H groups in total. The van der Waals surface area contributed by atoms with Gasteiger partial charge in [0.05, 0.1) is 5.69 Å². The fraction of sp³-hybridized carbons (Fsp3) is 0.571. The summed E-state index contributed by atoms with van der Waals surface area (Å²) in [5, 5.41) is 3.20. The molecule has 0 aliphatic carbocycles. The van der Waals surface area contributed by atoms with Gasteiger partial charge in [0.15, 0.2) is 0 Å². The van der Waals surface area contributed by atoms with Gasteiger partial charge >= 0.3 is 0 Å². The van der Waals surface area contributed by atoms with Gasteiger partial charge in [0.2, 0.25) is 10.0 Å². The number of nitrogens with zero attached hydrogens (tertiary/aromatic N) is 1. The minimum atomic E-state index is -3.43. The van der Waals surface area contributed by atoms with Crippen molar-refractivity contribution in [2.75, 3.05) is 32.1 Å². The molecule has 0 saturated carbocycles. The maximum absolute atomic E-state index is 12.2. The third kappa shape index (κ3) is 3.13. The van der Waals surface area contributed by atoms with Gasteiger partial charge in [-0.05, 0) is 45.5 Å². The van der Waals surface area contributed by atoms with Crippen LogP contribution in [0.25, 0.3) is 0 Å². The van der Waals surface area contributed by atoms with Crippen LogP contribution in [-0.2, 0) is 10.0 Å². The predicted octanol–water partition coefficient (Wildman–Crippen LogP) is 1.17. The molecule has 0 amide bonds. The van der Waals surface area contributed by atoms with Crippen LogP contribution in [0, 0.1) is 0 Å². The largest absolute Gasteiger partial charge is 0.366 e. The standard InChI is InChI=1S/C14H23N3O2S/c1-15-11-12-7-5-6-10-17(12)13-8-3-4-9-14(13)20(18,19)16-2/h3-4,8-9,12,15-16H,5-7,10-11H2,1-2H3. The number of likely N-dealkylation sites (N-methyl/N-ethyl adjacent to an activating group) is 1. The van der Waals surface area contributed by atoms with Gasteiger partial charge in [-0.1, -0.05) is 12.1 Å². The summed E-state index contributed by atoms with van der Waals surface area (Å²) >= 11 is 0. The molecule has 0 bridgehead atoms. The van der Waals surface area contributed by atoms with Crippen LogP contribution in [0.2, 0.25) is 0 Å². The molecule has 1 heterocycles. The van der Waals surface area contributed by atoms with Crippen molar-refractivity contribution in [3.05, 3.63) is 24.3 Å². The number of hydrogen-bond donors (Lipinski definition) is 2. The number of sulfonamides is 1. The molecule has 5 nitrogen and oxygen atoms in total. The summed E-state index contributed by atoms with van der Waals surface area (Å²) in [5.41, 5.74) is 0.807. The first-order chi connectivity index (χ1) is 9.60. The van der Waals surface area contributed by atoms with Gasteiger partial charge in [-0.15, -0.1) is 0 Å². The molecule has 1 atom stereocenters. The lowest BCUT2D eigenvalue weighted by Gasteiger charge is -2.38. The second kappa shape index (κ2) is 6.56. The van der Waals surface area contributed by atoms with E-state index in [4.69, 9.17) is 0 Å². The average Bonchev–Trinajstić information content (AvgIpc) is 2.48. The van der Waals surface area contributed by atoms with E-state index in [1.807, 2.05) is 19.2 Å². The highest BCUT2D eigenvalue weighted by atomic mass is 32.2. The molecule has 1 aromatic carbocycles. The molecular weight excluding hydrogens is 274 g/mol. The van der Waals surface area contributed by atoms with E-state index in [0.29, 0.717) is 10.9 Å². The molecular formula is C14H23N3O2S. The van der Waals surface area contributed by atoms with E-state index < -0.39 is 10.0 Å². The zero-order valence-corrected chi connectivity index (χ0v) is 12.9. The quantitative estimate of drug-likeness (QED) is 0.856. The van der Waals surface area contributed by atoms with Crippen molar-refractivity contribution >= 4 is 15.7 Å². The molecule has 2 rings (SSSR count). The fourth-order valence-corrected chi connectivity index (χ4v) is 3.74. The van der Waals surface area contributed by atoms with Crippen molar-refractivity contribution in [3.8, 4) is 0 Å². The minimum absolute atomic E-state index is 0.349. The van der Waals surface area contributed by atoms with Crippen molar-refractivity contribution in [1.82, 2.24) is 10.0 Å². The Balaban J connectivity index is 2.40. The first-order valence-electron chi connectivity index (χ1n) is 7.04. The number of anilines is 1. The second-order valence-corrected chi connectivity index (χ2v) is 6.93. The van der Waals surface area contributed by atoms with E-state index >= 15 is 0 Å². The molecule has 0 aromatic heterocycles. The molecule has 1 aromatic rings. The third-order valence-electron chi connectivity index (χ3n) is 3.80. The Hall–Kier alpha value is -1.11. The van der Waals surface area contributed by atoms with Crippen LogP contribution in [-0.4, -0.2) is 41.6 Å². The highest BCUT2D eigenvalue weighted by Gasteiger charge is 2.27. The molecule has 6 heteroatoms. The Morgan fingerprint density at radius 2 is 2.00 bits per heavy atom. The van der Waals surface area contributed by atoms with Gasteiger partial charge in [0, 0.05) is 19.1 Å². The molecule has 0 spiro atoms. The molecule has 1 saturated heterocycles. The van der Waals surface area contributed by atoms with E-state index in [9.17, 15) is 8.42 Å². The summed E-state index contributed by atoms with van der Waals surface area (Å²) in [6, 6.07) is 7.59. The molecule has 1 aliphatic rings. The van der Waals surface area contributed by atoms with Gasteiger partial charge in [-0.2, -0.15) is 0 Å². The minimum Gasteiger partial charge on any atom is -0.366 e. The number of benzene rings is 1. The zero-order chi connectivity index (χ0) is 14.6. The van der Waals surface area contributed by atoms with Crippen molar-refractivity contribution < 1.29 is 8.42 Å². The second-order valence-electron chi connectivity index (χ2n) is 5.08. The number of piperidine rings is 1. The number of nitrogens with one attached hydrogen (secondary N) is 2. The Bertz CT molecular complexity index is 543. The normalized spacial score (nSPS) is 20.1. The van der Waals surface area contributed by atoms with E-state index in [1.165, 1.54) is 13.5 Å².